The zero-order valence-corrected chi connectivity index (χ0v) is 40.1. The largest absolute Gasteiger partial charge is 0.507 e. The summed E-state index contributed by atoms with van der Waals surface area (Å²) in [6.45, 7) is 14.8. The Morgan fingerprint density at radius 2 is 1.67 bits per heavy atom. The van der Waals surface area contributed by atoms with Gasteiger partial charge in [-0.05, 0) is 38.1 Å². The highest BCUT2D eigenvalue weighted by atomic mass is 19.4. The number of alkyl halides is 3. The molecule has 69 heavy (non-hydrogen) atoms. The van der Waals surface area contributed by atoms with E-state index >= 15 is 0 Å². The summed E-state index contributed by atoms with van der Waals surface area (Å²) in [5.74, 6) is -8.05. The van der Waals surface area contributed by atoms with Crippen LogP contribution in [0.1, 0.15) is 85.9 Å². The first-order valence-corrected chi connectivity index (χ1v) is 22.8. The number of carbonyl (C=O) groups is 4. The van der Waals surface area contributed by atoms with Crippen molar-refractivity contribution < 1.29 is 71.5 Å². The molecule has 16 nitrogen and oxygen atoms in total. The van der Waals surface area contributed by atoms with Gasteiger partial charge < -0.3 is 49.3 Å². The van der Waals surface area contributed by atoms with Gasteiger partial charge in [0.2, 0.25) is 5.78 Å². The molecule has 9 atom stereocenters. The fourth-order valence-corrected chi connectivity index (χ4v) is 9.15. The maximum atomic E-state index is 14.2. The van der Waals surface area contributed by atoms with Crippen molar-refractivity contribution in [1.82, 2.24) is 10.2 Å². The van der Waals surface area contributed by atoms with Crippen LogP contribution in [-0.4, -0.2) is 126 Å². The van der Waals surface area contributed by atoms with Gasteiger partial charge in [-0.3, -0.25) is 24.1 Å². The molecule has 0 aromatic heterocycles. The van der Waals surface area contributed by atoms with Crippen molar-refractivity contribution in [2.75, 3.05) is 51.3 Å². The second-order valence-electron chi connectivity index (χ2n) is 18.2. The van der Waals surface area contributed by atoms with Crippen LogP contribution < -0.4 is 15.0 Å². The molecule has 4 aliphatic heterocycles. The van der Waals surface area contributed by atoms with Crippen LogP contribution >= 0.6 is 0 Å². The number of phenolic OH excluding ortho intramolecular Hbond substituents is 1. The molecular formula is C50H61F3N4O12. The third-order valence-electron chi connectivity index (χ3n) is 13.4. The second kappa shape index (κ2) is 21.3. The molecule has 2 aromatic carbocycles. The van der Waals surface area contributed by atoms with Crippen LogP contribution in [0.15, 0.2) is 77.3 Å². The summed E-state index contributed by atoms with van der Waals surface area (Å²) in [4.78, 5) is 64.1. The van der Waals surface area contributed by atoms with Gasteiger partial charge in [0.15, 0.2) is 11.5 Å². The molecule has 7 rings (SSSR count). The number of amides is 1. The number of allylic oxidation sites excluding steroid dienone is 4. The zero-order chi connectivity index (χ0) is 50.7. The average Bonchev–Trinajstić information content (AvgIpc) is 3.60. The van der Waals surface area contributed by atoms with E-state index in [9.17, 15) is 47.7 Å². The monoisotopic (exact) mass is 966 g/mol. The predicted octanol–water partition coefficient (Wildman–Crippen LogP) is 6.01. The number of nitrogens with zero attached hydrogens (tertiary/aromatic N) is 3. The average molecular weight is 967 g/mol. The summed E-state index contributed by atoms with van der Waals surface area (Å²) >= 11 is 0. The summed E-state index contributed by atoms with van der Waals surface area (Å²) in [7, 11) is 1.43. The molecule has 0 radical (unpaired) electrons. The molecule has 0 saturated carbocycles. The SMILES string of the molecule is CO[C@H]1/C=C/O[C@@]2(C)Oc3c(C)c(O)c4c(c3/C2=N/OCCN2CCN(c3cccc(C(F)(F)F)c3)CC2)C(=O)C=C(NC(=O)/C(C)=C\C=C\[C@H](C)[C@H](O)[C@@H](C)[C@@H](O)[C@@H](C)[C@H](OC(C)=O)[C@@H]1C)C4=O. The van der Waals surface area contributed by atoms with E-state index in [1.807, 2.05) is 9.80 Å². The maximum absolute atomic E-state index is 14.2. The van der Waals surface area contributed by atoms with Gasteiger partial charge in [0.1, 0.15) is 24.2 Å². The predicted molar refractivity (Wildman–Crippen MR) is 247 cm³/mol. The van der Waals surface area contributed by atoms with Crippen LogP contribution in [0, 0.1) is 30.6 Å². The highest BCUT2D eigenvalue weighted by molar-refractivity contribution is 6.31. The van der Waals surface area contributed by atoms with Crippen LogP contribution in [0.4, 0.5) is 18.9 Å². The van der Waals surface area contributed by atoms with E-state index < -0.39 is 106 Å². The number of methoxy groups -OCH3 is 1. The lowest BCUT2D eigenvalue weighted by Gasteiger charge is -2.38. The summed E-state index contributed by atoms with van der Waals surface area (Å²) in [6, 6.07) is 5.18. The molecule has 5 bridgehead atoms. The Labute approximate surface area is 399 Å². The minimum absolute atomic E-state index is 0.00127. The van der Waals surface area contributed by atoms with Crippen molar-refractivity contribution in [2.45, 2.75) is 91.8 Å². The van der Waals surface area contributed by atoms with Crippen molar-refractivity contribution in [3.05, 3.63) is 100.0 Å². The molecule has 0 unspecified atom stereocenters. The number of hydrogen-bond donors (Lipinski definition) is 4. The molecule has 1 fully saturated rings. The number of phenols is 1. The van der Waals surface area contributed by atoms with E-state index in [1.165, 1.54) is 59.3 Å². The number of anilines is 1. The molecule has 1 aliphatic carbocycles. The molecule has 374 valence electrons. The van der Waals surface area contributed by atoms with E-state index in [0.29, 0.717) is 38.4 Å². The molecule has 4 N–H and O–H groups in total. The number of ether oxygens (including phenoxy) is 4. The lowest BCUT2D eigenvalue weighted by Crippen LogP contribution is -2.47. The molecule has 1 amide bonds. The summed E-state index contributed by atoms with van der Waals surface area (Å²) in [5.41, 5.74) is -1.23. The first kappa shape index (κ1) is 52.4. The number of esters is 1. The second-order valence-corrected chi connectivity index (χ2v) is 18.2. The van der Waals surface area contributed by atoms with Gasteiger partial charge in [-0.1, -0.05) is 57.1 Å². The Balaban J connectivity index is 1.35. The Morgan fingerprint density at radius 1 is 0.971 bits per heavy atom. The minimum atomic E-state index is -4.47. The van der Waals surface area contributed by atoms with E-state index in [1.54, 1.807) is 45.9 Å². The van der Waals surface area contributed by atoms with Crippen molar-refractivity contribution in [3.8, 4) is 11.5 Å². The Kier molecular flexibility index (Phi) is 16.2. The van der Waals surface area contributed by atoms with Crippen molar-refractivity contribution >= 4 is 34.8 Å². The number of halogens is 3. The van der Waals surface area contributed by atoms with E-state index in [-0.39, 0.29) is 40.3 Å². The van der Waals surface area contributed by atoms with Crippen LogP contribution in [0.25, 0.3) is 0 Å². The van der Waals surface area contributed by atoms with Gasteiger partial charge in [-0.25, -0.2) is 0 Å². The summed E-state index contributed by atoms with van der Waals surface area (Å²) < 4.78 is 64.5. The van der Waals surface area contributed by atoms with Gasteiger partial charge in [-0.15, -0.1) is 0 Å². The molecule has 4 heterocycles. The highest BCUT2D eigenvalue weighted by Gasteiger charge is 2.51. The quantitative estimate of drug-likeness (QED) is 0.143. The minimum Gasteiger partial charge on any atom is -0.507 e. The fourth-order valence-electron chi connectivity index (χ4n) is 9.15. The number of benzene rings is 2. The first-order valence-electron chi connectivity index (χ1n) is 22.8. The number of aliphatic hydroxyl groups is 2. The van der Waals surface area contributed by atoms with E-state index in [2.05, 4.69) is 10.5 Å². The number of rotatable bonds is 7. The van der Waals surface area contributed by atoms with Crippen molar-refractivity contribution in [3.63, 3.8) is 0 Å². The summed E-state index contributed by atoms with van der Waals surface area (Å²) in [5, 5.41) is 41.5. The Bertz CT molecular complexity index is 2460. The number of piperazine rings is 1. The van der Waals surface area contributed by atoms with Crippen molar-refractivity contribution in [1.29, 1.82) is 0 Å². The van der Waals surface area contributed by atoms with Crippen LogP contribution in [-0.2, 0) is 34.8 Å². The van der Waals surface area contributed by atoms with Gasteiger partial charge in [0.05, 0.1) is 52.5 Å². The molecular weight excluding hydrogens is 906 g/mol. The lowest BCUT2D eigenvalue weighted by molar-refractivity contribution is -0.160. The number of oxime groups is 1. The standard InChI is InChI=1S/C50H61F3N4O12/c1-26-12-10-13-27(2)48(64)54-35-25-36(59)38-39(44(35)63)43(62)31(6)46-40(38)47(55-67-23-21-56-17-19-57(20-18-56)34-15-11-14-33(24-34)50(51,52)53)49(8,69-46)66-22-16-37(65-9)28(3)45(68-32(7)58)30(5)42(61)29(4)41(26)60/h10-16,22,24-26,28-30,37,41-42,45,60-62H,17-21,23H2,1-9H3,(H,54,64)/b12-10+,22-16+,27-13-,55-47-/t26-,28+,29+,30+,37-,41-,42+,45+,49-/m0/s1. The number of hydrogen-bond acceptors (Lipinski definition) is 15. The lowest BCUT2D eigenvalue weighted by atomic mass is 9.78. The highest BCUT2D eigenvalue weighted by Crippen LogP contribution is 2.48. The van der Waals surface area contributed by atoms with Gasteiger partial charge >= 0.3 is 12.1 Å². The van der Waals surface area contributed by atoms with E-state index in [0.717, 1.165) is 18.2 Å². The number of Topliss-reactive ketones (excluding diaryl/α,β-unsaturated/α-hetero) is 1. The Hall–Kier alpha value is -6.02. The van der Waals surface area contributed by atoms with Gasteiger partial charge in [-0.2, -0.15) is 13.2 Å². The van der Waals surface area contributed by atoms with Crippen LogP contribution in [0.5, 0.6) is 11.5 Å². The number of aromatic hydroxyl groups is 1. The zero-order valence-electron chi connectivity index (χ0n) is 40.1. The van der Waals surface area contributed by atoms with Crippen molar-refractivity contribution in [2.24, 2.45) is 28.8 Å². The van der Waals surface area contributed by atoms with Crippen LogP contribution in [0.2, 0.25) is 0 Å². The molecule has 1 saturated heterocycles. The topological polar surface area (TPSA) is 206 Å². The fraction of sp³-hybridized carbons (Fsp3) is 0.500. The number of aliphatic hydroxyl groups excluding tert-OH is 2. The number of ketones is 2. The van der Waals surface area contributed by atoms with Gasteiger partial charge in [0, 0.05) is 100 Å². The molecule has 0 spiro atoms. The smallest absolute Gasteiger partial charge is 0.416 e. The summed E-state index contributed by atoms with van der Waals surface area (Å²) in [6.07, 6.45) is -0.0742. The molecule has 2 aromatic rings. The Morgan fingerprint density at radius 3 is 2.32 bits per heavy atom. The number of carbonyl (C=O) groups excluding carboxylic acids is 4. The third-order valence-corrected chi connectivity index (χ3v) is 13.4. The maximum Gasteiger partial charge on any atom is 0.416 e. The molecule has 5 aliphatic rings. The first-order chi connectivity index (χ1) is 32.5. The normalized spacial score (nSPS) is 30.7. The number of fused-ring (bicyclic) bond motifs is 14. The van der Waals surface area contributed by atoms with Crippen LogP contribution in [0.3, 0.4) is 0 Å². The van der Waals surface area contributed by atoms with E-state index in [4.69, 9.17) is 23.8 Å². The van der Waals surface area contributed by atoms with Gasteiger partial charge in [0.25, 0.3) is 11.7 Å². The third kappa shape index (κ3) is 11.2. The molecule has 19 heteroatoms. The number of nitrogens with one attached hydrogen (secondary N) is 1.